The van der Waals surface area contributed by atoms with Gasteiger partial charge in [-0.2, -0.15) is 0 Å². The summed E-state index contributed by atoms with van der Waals surface area (Å²) in [5.41, 5.74) is 1.49. The maximum atomic E-state index is 11.4. The Balaban J connectivity index is 2.10. The van der Waals surface area contributed by atoms with Gasteiger partial charge in [0.05, 0.1) is 22.5 Å². The van der Waals surface area contributed by atoms with E-state index < -0.39 is 16.0 Å². The zero-order valence-electron chi connectivity index (χ0n) is 12.3. The van der Waals surface area contributed by atoms with E-state index in [-0.39, 0.29) is 17.4 Å². The van der Waals surface area contributed by atoms with Crippen molar-refractivity contribution in [3.63, 3.8) is 0 Å². The van der Waals surface area contributed by atoms with Crippen LogP contribution in [0.15, 0.2) is 30.5 Å². The molecule has 1 atom stereocenters. The van der Waals surface area contributed by atoms with Crippen molar-refractivity contribution in [2.75, 3.05) is 17.2 Å². The minimum atomic E-state index is -3.58. The van der Waals surface area contributed by atoms with Gasteiger partial charge >= 0.3 is 5.97 Å². The average molecular weight is 335 g/mol. The standard InChI is InChI=1S/C15H17N3O4S/c16-23(21,22)9-10-3-2-8-18(10)13-6-5-12(15(19)20)11-4-1-7-17-14(11)13/h1,4-7,10H,2-3,8-9H2,(H,19,20)(H2,16,21,22)/t10-/m0/s1. The minimum absolute atomic E-state index is 0.123. The molecule has 0 radical (unpaired) electrons. The maximum absolute atomic E-state index is 11.4. The third-order valence-electron chi connectivity index (χ3n) is 4.09. The zero-order valence-corrected chi connectivity index (χ0v) is 13.2. The number of anilines is 1. The fourth-order valence-corrected chi connectivity index (χ4v) is 4.05. The number of carboxylic acid groups (broad SMARTS) is 1. The molecule has 122 valence electrons. The number of pyridine rings is 1. The molecule has 7 nitrogen and oxygen atoms in total. The molecule has 2 aromatic rings. The van der Waals surface area contributed by atoms with E-state index >= 15 is 0 Å². The fraction of sp³-hybridized carbons (Fsp3) is 0.333. The lowest BCUT2D eigenvalue weighted by Gasteiger charge is -2.27. The zero-order chi connectivity index (χ0) is 16.6. The smallest absolute Gasteiger partial charge is 0.336 e. The van der Waals surface area contributed by atoms with E-state index in [1.807, 2.05) is 4.90 Å². The molecule has 2 heterocycles. The highest BCUT2D eigenvalue weighted by molar-refractivity contribution is 7.89. The quantitative estimate of drug-likeness (QED) is 0.867. The van der Waals surface area contributed by atoms with Crippen LogP contribution in [0.2, 0.25) is 0 Å². The van der Waals surface area contributed by atoms with Crippen LogP contribution in [0.1, 0.15) is 23.2 Å². The summed E-state index contributed by atoms with van der Waals surface area (Å²) >= 11 is 0. The molecule has 1 aliphatic rings. The van der Waals surface area contributed by atoms with Gasteiger partial charge in [0.25, 0.3) is 0 Å². The van der Waals surface area contributed by atoms with Gasteiger partial charge in [-0.05, 0) is 31.0 Å². The number of benzene rings is 1. The van der Waals surface area contributed by atoms with Crippen LogP contribution in [0.4, 0.5) is 5.69 Å². The van der Waals surface area contributed by atoms with Gasteiger partial charge in [0.2, 0.25) is 10.0 Å². The summed E-state index contributed by atoms with van der Waals surface area (Å²) in [7, 11) is -3.58. The van der Waals surface area contributed by atoms with E-state index in [9.17, 15) is 18.3 Å². The van der Waals surface area contributed by atoms with E-state index in [4.69, 9.17) is 5.14 Å². The van der Waals surface area contributed by atoms with Crippen LogP contribution in [0.25, 0.3) is 10.9 Å². The normalized spacial score (nSPS) is 18.5. The summed E-state index contributed by atoms with van der Waals surface area (Å²) < 4.78 is 22.9. The molecule has 3 rings (SSSR count). The van der Waals surface area contributed by atoms with Crippen molar-refractivity contribution in [3.8, 4) is 0 Å². The number of carboxylic acids is 1. The number of fused-ring (bicyclic) bond motifs is 1. The second-order valence-corrected chi connectivity index (χ2v) is 7.31. The Labute approximate surface area is 133 Å². The second-order valence-electron chi connectivity index (χ2n) is 5.66. The summed E-state index contributed by atoms with van der Waals surface area (Å²) in [6, 6.07) is 6.41. The number of nitrogens with zero attached hydrogens (tertiary/aromatic N) is 2. The largest absolute Gasteiger partial charge is 0.478 e. The van der Waals surface area contributed by atoms with Gasteiger partial charge in [-0.3, -0.25) is 4.98 Å². The van der Waals surface area contributed by atoms with E-state index in [1.165, 1.54) is 6.07 Å². The number of rotatable bonds is 4. The van der Waals surface area contributed by atoms with Crippen molar-refractivity contribution in [1.29, 1.82) is 0 Å². The third kappa shape index (κ3) is 3.13. The summed E-state index contributed by atoms with van der Waals surface area (Å²) in [5, 5.41) is 15.0. The van der Waals surface area contributed by atoms with Gasteiger partial charge in [-0.25, -0.2) is 18.4 Å². The third-order valence-corrected chi connectivity index (χ3v) is 4.94. The molecule has 0 spiro atoms. The van der Waals surface area contributed by atoms with Gasteiger partial charge in [0.1, 0.15) is 0 Å². The SMILES string of the molecule is NS(=O)(=O)C[C@@H]1CCCN1c1ccc(C(=O)O)c2cccnc12. The van der Waals surface area contributed by atoms with Crippen molar-refractivity contribution in [2.24, 2.45) is 5.14 Å². The first-order chi connectivity index (χ1) is 10.9. The number of hydrogen-bond donors (Lipinski definition) is 2. The van der Waals surface area contributed by atoms with Crippen molar-refractivity contribution >= 4 is 32.6 Å². The summed E-state index contributed by atoms with van der Waals surface area (Å²) in [6.07, 6.45) is 3.18. The molecular weight excluding hydrogens is 318 g/mol. The predicted octanol–water partition coefficient (Wildman–Crippen LogP) is 1.19. The Bertz CT molecular complexity index is 866. The molecule has 1 aliphatic heterocycles. The molecule has 1 aromatic heterocycles. The Morgan fingerprint density at radius 1 is 1.39 bits per heavy atom. The maximum Gasteiger partial charge on any atom is 0.336 e. The van der Waals surface area contributed by atoms with Gasteiger partial charge in [-0.1, -0.05) is 6.07 Å². The van der Waals surface area contributed by atoms with E-state index in [2.05, 4.69) is 4.98 Å². The predicted molar refractivity (Wildman–Crippen MR) is 87.0 cm³/mol. The molecule has 0 amide bonds. The number of aromatic carboxylic acids is 1. The monoisotopic (exact) mass is 335 g/mol. The van der Waals surface area contributed by atoms with Crippen molar-refractivity contribution in [1.82, 2.24) is 4.98 Å². The first-order valence-corrected chi connectivity index (χ1v) is 8.96. The van der Waals surface area contributed by atoms with E-state index in [1.54, 1.807) is 24.4 Å². The fourth-order valence-electron chi connectivity index (χ4n) is 3.17. The van der Waals surface area contributed by atoms with Gasteiger partial charge in [0, 0.05) is 24.2 Å². The van der Waals surface area contributed by atoms with Gasteiger partial charge < -0.3 is 10.0 Å². The summed E-state index contributed by atoms with van der Waals surface area (Å²) in [6.45, 7) is 0.693. The minimum Gasteiger partial charge on any atom is -0.478 e. The van der Waals surface area contributed by atoms with Crippen LogP contribution in [0.3, 0.4) is 0 Å². The molecular formula is C15H17N3O4S. The van der Waals surface area contributed by atoms with Crippen LogP contribution >= 0.6 is 0 Å². The Kier molecular flexibility index (Phi) is 3.95. The second kappa shape index (κ2) is 5.78. The van der Waals surface area contributed by atoms with E-state index in [0.29, 0.717) is 17.4 Å². The molecule has 1 aromatic carbocycles. The highest BCUT2D eigenvalue weighted by Crippen LogP contribution is 2.33. The summed E-state index contributed by atoms with van der Waals surface area (Å²) in [4.78, 5) is 17.6. The molecule has 0 saturated carbocycles. The molecule has 0 bridgehead atoms. The number of hydrogen-bond acceptors (Lipinski definition) is 5. The number of carbonyl (C=O) groups is 1. The van der Waals surface area contributed by atoms with Crippen molar-refractivity contribution < 1.29 is 18.3 Å². The Morgan fingerprint density at radius 2 is 2.17 bits per heavy atom. The van der Waals surface area contributed by atoms with Crippen LogP contribution < -0.4 is 10.0 Å². The highest BCUT2D eigenvalue weighted by atomic mass is 32.2. The lowest BCUT2D eigenvalue weighted by molar-refractivity contribution is 0.0699. The number of sulfonamides is 1. The van der Waals surface area contributed by atoms with E-state index in [0.717, 1.165) is 18.5 Å². The molecule has 1 fully saturated rings. The van der Waals surface area contributed by atoms with Crippen molar-refractivity contribution in [2.45, 2.75) is 18.9 Å². The van der Waals surface area contributed by atoms with Crippen LogP contribution in [-0.4, -0.2) is 42.8 Å². The molecule has 3 N–H and O–H groups in total. The first kappa shape index (κ1) is 15.7. The Hall–Kier alpha value is -2.19. The number of nitrogens with two attached hydrogens (primary N) is 1. The number of aromatic nitrogens is 1. The Morgan fingerprint density at radius 3 is 2.87 bits per heavy atom. The first-order valence-electron chi connectivity index (χ1n) is 7.25. The highest BCUT2D eigenvalue weighted by Gasteiger charge is 2.30. The molecule has 23 heavy (non-hydrogen) atoms. The summed E-state index contributed by atoms with van der Waals surface area (Å²) in [5.74, 6) is -1.14. The molecule has 8 heteroatoms. The lowest BCUT2D eigenvalue weighted by Crippen LogP contribution is -2.37. The lowest BCUT2D eigenvalue weighted by atomic mass is 10.1. The average Bonchev–Trinajstić information content (AvgIpc) is 2.91. The topological polar surface area (TPSA) is 114 Å². The van der Waals surface area contributed by atoms with Crippen LogP contribution in [-0.2, 0) is 10.0 Å². The number of primary sulfonamides is 1. The van der Waals surface area contributed by atoms with Crippen LogP contribution in [0, 0.1) is 0 Å². The molecule has 1 saturated heterocycles. The molecule has 0 unspecified atom stereocenters. The van der Waals surface area contributed by atoms with Crippen molar-refractivity contribution in [3.05, 3.63) is 36.0 Å². The van der Waals surface area contributed by atoms with Crippen LogP contribution in [0.5, 0.6) is 0 Å². The van der Waals surface area contributed by atoms with Gasteiger partial charge in [0.15, 0.2) is 0 Å². The van der Waals surface area contributed by atoms with Gasteiger partial charge in [-0.15, -0.1) is 0 Å². The molecule has 0 aliphatic carbocycles.